The third kappa shape index (κ3) is 4.37. The molecule has 2 aromatic rings. The molecule has 24 heavy (non-hydrogen) atoms. The Morgan fingerprint density at radius 2 is 1.88 bits per heavy atom. The van der Waals surface area contributed by atoms with E-state index in [1.807, 2.05) is 23.1 Å². The molecule has 0 radical (unpaired) electrons. The summed E-state index contributed by atoms with van der Waals surface area (Å²) in [5.74, 6) is 0.823. The first-order valence-corrected chi connectivity index (χ1v) is 8.56. The molecule has 0 spiro atoms. The lowest BCUT2D eigenvalue weighted by Gasteiger charge is -2.21. The summed E-state index contributed by atoms with van der Waals surface area (Å²) in [6.45, 7) is 5.69. The van der Waals surface area contributed by atoms with Gasteiger partial charge in [-0.05, 0) is 42.8 Å². The van der Waals surface area contributed by atoms with Crippen LogP contribution < -0.4 is 10.3 Å². The number of fused-ring (bicyclic) bond motifs is 1. The quantitative estimate of drug-likeness (QED) is 0.809. The van der Waals surface area contributed by atoms with E-state index < -0.39 is 0 Å². The van der Waals surface area contributed by atoms with Crippen molar-refractivity contribution in [3.63, 3.8) is 0 Å². The van der Waals surface area contributed by atoms with Crippen LogP contribution in [0.15, 0.2) is 29.1 Å². The van der Waals surface area contributed by atoms with Crippen LogP contribution in [0, 0.1) is 0 Å². The first-order chi connectivity index (χ1) is 11.6. The summed E-state index contributed by atoms with van der Waals surface area (Å²) in [6, 6.07) is 7.44. The number of aryl methyl sites for hydroxylation is 1. The summed E-state index contributed by atoms with van der Waals surface area (Å²) in [5, 5.41) is 0.942. The molecule has 0 fully saturated rings. The smallest absolute Gasteiger partial charge is 0.251 e. The fourth-order valence-electron chi connectivity index (χ4n) is 2.84. The third-order valence-electron chi connectivity index (χ3n) is 4.08. The molecule has 0 aliphatic heterocycles. The van der Waals surface area contributed by atoms with Crippen molar-refractivity contribution in [1.29, 1.82) is 0 Å². The second kappa shape index (κ2) is 8.52. The molecule has 0 saturated carbocycles. The number of hydrogen-bond donors (Lipinski definition) is 1. The van der Waals surface area contributed by atoms with E-state index in [1.165, 1.54) is 0 Å². The number of carbonyl (C=O) groups excluding carboxylic acids is 1. The number of ether oxygens (including phenoxy) is 1. The van der Waals surface area contributed by atoms with E-state index in [2.05, 4.69) is 18.8 Å². The Labute approximate surface area is 142 Å². The summed E-state index contributed by atoms with van der Waals surface area (Å²) in [4.78, 5) is 29.4. The minimum Gasteiger partial charge on any atom is -0.497 e. The van der Waals surface area contributed by atoms with Gasteiger partial charge in [0.2, 0.25) is 5.91 Å². The molecule has 0 saturated heterocycles. The topological polar surface area (TPSA) is 62.4 Å². The van der Waals surface area contributed by atoms with Gasteiger partial charge in [-0.1, -0.05) is 13.8 Å². The van der Waals surface area contributed by atoms with Gasteiger partial charge in [-0.2, -0.15) is 0 Å². The predicted molar refractivity (Wildman–Crippen MR) is 96.6 cm³/mol. The van der Waals surface area contributed by atoms with Gasteiger partial charge in [0.25, 0.3) is 5.56 Å². The Bertz CT molecular complexity index is 746. The highest BCUT2D eigenvalue weighted by Crippen LogP contribution is 2.18. The van der Waals surface area contributed by atoms with Crippen LogP contribution >= 0.6 is 0 Å². The Kier molecular flexibility index (Phi) is 6.41. The number of methoxy groups -OCH3 is 1. The average Bonchev–Trinajstić information content (AvgIpc) is 2.59. The van der Waals surface area contributed by atoms with Gasteiger partial charge < -0.3 is 14.6 Å². The van der Waals surface area contributed by atoms with Crippen LogP contribution in [0.5, 0.6) is 5.75 Å². The lowest BCUT2D eigenvalue weighted by Crippen LogP contribution is -2.33. The third-order valence-corrected chi connectivity index (χ3v) is 4.08. The van der Waals surface area contributed by atoms with Gasteiger partial charge in [0, 0.05) is 31.1 Å². The molecule has 0 aliphatic rings. The van der Waals surface area contributed by atoms with Crippen LogP contribution in [0.2, 0.25) is 0 Å². The number of nitrogens with one attached hydrogen (secondary N) is 1. The largest absolute Gasteiger partial charge is 0.497 e. The van der Waals surface area contributed by atoms with Crippen LogP contribution in [0.25, 0.3) is 10.9 Å². The van der Waals surface area contributed by atoms with Crippen molar-refractivity contribution in [1.82, 2.24) is 9.88 Å². The van der Waals surface area contributed by atoms with Crippen molar-refractivity contribution in [2.75, 3.05) is 20.2 Å². The van der Waals surface area contributed by atoms with Crippen molar-refractivity contribution in [2.24, 2.45) is 0 Å². The van der Waals surface area contributed by atoms with E-state index in [1.54, 1.807) is 13.2 Å². The summed E-state index contributed by atoms with van der Waals surface area (Å²) < 4.78 is 5.17. The standard InChI is InChI=1S/C19H26N2O3/c1-4-10-21(11-5-2)18(22)9-7-15-12-14-6-8-16(24-3)13-17(14)20-19(15)23/h6,8,12-13H,4-5,7,9-11H2,1-3H3,(H,20,23). The van der Waals surface area contributed by atoms with E-state index in [0.717, 1.165) is 36.8 Å². The predicted octanol–water partition coefficient (Wildman–Crippen LogP) is 3.12. The number of amides is 1. The first-order valence-electron chi connectivity index (χ1n) is 8.56. The summed E-state index contributed by atoms with van der Waals surface area (Å²) >= 11 is 0. The monoisotopic (exact) mass is 330 g/mol. The molecule has 1 N–H and O–H groups in total. The molecule has 5 heteroatoms. The Hall–Kier alpha value is -2.30. The number of H-pyrrole nitrogens is 1. The first kappa shape index (κ1) is 18.0. The Morgan fingerprint density at radius 3 is 2.50 bits per heavy atom. The molecule has 5 nitrogen and oxygen atoms in total. The second-order valence-electron chi connectivity index (χ2n) is 5.96. The molecule has 0 unspecified atom stereocenters. The van der Waals surface area contributed by atoms with Crippen molar-refractivity contribution < 1.29 is 9.53 Å². The van der Waals surface area contributed by atoms with E-state index in [-0.39, 0.29) is 11.5 Å². The van der Waals surface area contributed by atoms with Gasteiger partial charge in [-0.3, -0.25) is 9.59 Å². The molecule has 2 rings (SSSR count). The van der Waals surface area contributed by atoms with Crippen LogP contribution in [0.1, 0.15) is 38.7 Å². The Morgan fingerprint density at radius 1 is 1.17 bits per heavy atom. The second-order valence-corrected chi connectivity index (χ2v) is 5.96. The zero-order valence-electron chi connectivity index (χ0n) is 14.7. The van der Waals surface area contributed by atoms with Gasteiger partial charge in [0.05, 0.1) is 12.6 Å². The zero-order chi connectivity index (χ0) is 17.5. The summed E-state index contributed by atoms with van der Waals surface area (Å²) in [7, 11) is 1.59. The van der Waals surface area contributed by atoms with E-state index in [4.69, 9.17) is 4.74 Å². The fraction of sp³-hybridized carbons (Fsp3) is 0.474. The zero-order valence-corrected chi connectivity index (χ0v) is 14.7. The molecule has 130 valence electrons. The van der Waals surface area contributed by atoms with Crippen LogP contribution in [0.4, 0.5) is 0 Å². The number of hydrogen-bond acceptors (Lipinski definition) is 3. The number of carbonyl (C=O) groups is 1. The minimum absolute atomic E-state index is 0.118. The molecule has 0 atom stereocenters. The van der Waals surface area contributed by atoms with Gasteiger partial charge in [0.15, 0.2) is 0 Å². The van der Waals surface area contributed by atoms with Gasteiger partial charge >= 0.3 is 0 Å². The normalized spacial score (nSPS) is 10.8. The highest BCUT2D eigenvalue weighted by molar-refractivity contribution is 5.81. The average molecular weight is 330 g/mol. The van der Waals surface area contributed by atoms with E-state index >= 15 is 0 Å². The maximum Gasteiger partial charge on any atom is 0.251 e. The lowest BCUT2D eigenvalue weighted by atomic mass is 10.1. The van der Waals surface area contributed by atoms with E-state index in [9.17, 15) is 9.59 Å². The summed E-state index contributed by atoms with van der Waals surface area (Å²) in [6.07, 6.45) is 2.72. The highest BCUT2D eigenvalue weighted by atomic mass is 16.5. The van der Waals surface area contributed by atoms with Crippen molar-refractivity contribution in [3.05, 3.63) is 40.2 Å². The molecular formula is C19H26N2O3. The molecule has 1 amide bonds. The van der Waals surface area contributed by atoms with E-state index in [0.29, 0.717) is 24.2 Å². The highest BCUT2D eigenvalue weighted by Gasteiger charge is 2.13. The molecule has 1 aromatic carbocycles. The number of nitrogens with zero attached hydrogens (tertiary/aromatic N) is 1. The molecule has 1 heterocycles. The van der Waals surface area contributed by atoms with Crippen molar-refractivity contribution >= 4 is 16.8 Å². The lowest BCUT2D eigenvalue weighted by molar-refractivity contribution is -0.131. The SMILES string of the molecule is CCCN(CCC)C(=O)CCc1cc2ccc(OC)cc2[nH]c1=O. The van der Waals surface area contributed by atoms with Crippen LogP contribution in [-0.4, -0.2) is 36.0 Å². The van der Waals surface area contributed by atoms with Crippen LogP contribution in [-0.2, 0) is 11.2 Å². The van der Waals surface area contributed by atoms with Gasteiger partial charge in [-0.15, -0.1) is 0 Å². The van der Waals surface area contributed by atoms with Gasteiger partial charge in [0.1, 0.15) is 5.75 Å². The number of aromatic amines is 1. The van der Waals surface area contributed by atoms with Crippen LogP contribution in [0.3, 0.4) is 0 Å². The molecular weight excluding hydrogens is 304 g/mol. The molecule has 0 aliphatic carbocycles. The molecule has 1 aromatic heterocycles. The van der Waals surface area contributed by atoms with Gasteiger partial charge in [-0.25, -0.2) is 0 Å². The Balaban J connectivity index is 2.13. The van der Waals surface area contributed by atoms with Crippen molar-refractivity contribution in [3.8, 4) is 5.75 Å². The maximum absolute atomic E-state index is 12.4. The number of aromatic nitrogens is 1. The number of rotatable bonds is 8. The maximum atomic E-state index is 12.4. The van der Waals surface area contributed by atoms with Crippen molar-refractivity contribution in [2.45, 2.75) is 39.5 Å². The fourth-order valence-corrected chi connectivity index (χ4v) is 2.84. The number of benzene rings is 1. The minimum atomic E-state index is -0.138. The summed E-state index contributed by atoms with van der Waals surface area (Å²) in [5.41, 5.74) is 1.25. The number of pyridine rings is 1. The molecule has 0 bridgehead atoms.